The molecule has 2 N–H and O–H groups in total. The molecule has 1 saturated carbocycles. The molecule has 2 aromatic heterocycles. The van der Waals surface area contributed by atoms with Crippen molar-refractivity contribution in [2.45, 2.75) is 25.0 Å². The summed E-state index contributed by atoms with van der Waals surface area (Å²) in [5.74, 6) is 0.915. The Morgan fingerprint density at radius 3 is 2.58 bits per heavy atom. The summed E-state index contributed by atoms with van der Waals surface area (Å²) < 4.78 is 26.1. The maximum Gasteiger partial charge on any atom is 0.229 e. The molecular formula is C26H26ClFN6O2. The number of fused-ring (bicyclic) bond motifs is 1. The number of rotatable bonds is 8. The lowest BCUT2D eigenvalue weighted by Gasteiger charge is -2.39. The Balaban J connectivity index is 1.30. The topological polar surface area (TPSA) is 84.4 Å². The number of nitrogens with one attached hydrogen (secondary N) is 2. The summed E-state index contributed by atoms with van der Waals surface area (Å²) in [7, 11) is 5.75. The van der Waals surface area contributed by atoms with Crippen LogP contribution in [0, 0.1) is 5.82 Å². The second-order valence-corrected chi connectivity index (χ2v) is 9.33. The maximum atomic E-state index is 14.5. The molecule has 0 saturated heterocycles. The smallest absolute Gasteiger partial charge is 0.229 e. The molecule has 36 heavy (non-hydrogen) atoms. The molecule has 1 fully saturated rings. The summed E-state index contributed by atoms with van der Waals surface area (Å²) in [6, 6.07) is 13.3. The maximum absolute atomic E-state index is 14.5. The molecule has 0 unspecified atom stereocenters. The lowest BCUT2D eigenvalue weighted by atomic mass is 9.88. The third-order valence-corrected chi connectivity index (χ3v) is 6.40. The van der Waals surface area contributed by atoms with E-state index in [0.29, 0.717) is 33.9 Å². The summed E-state index contributed by atoms with van der Waals surface area (Å²) in [6.07, 6.45) is 4.84. The summed E-state index contributed by atoms with van der Waals surface area (Å²) in [6.45, 7) is 0. The normalized spacial score (nSPS) is 17.1. The van der Waals surface area contributed by atoms with Crippen LogP contribution < -0.4 is 20.1 Å². The Morgan fingerprint density at radius 2 is 1.81 bits per heavy atom. The van der Waals surface area contributed by atoms with E-state index in [1.54, 1.807) is 31.5 Å². The van der Waals surface area contributed by atoms with Crippen molar-refractivity contribution in [3.63, 3.8) is 0 Å². The van der Waals surface area contributed by atoms with E-state index in [9.17, 15) is 4.39 Å². The van der Waals surface area contributed by atoms with Gasteiger partial charge in [0.1, 0.15) is 6.10 Å². The number of ether oxygens (including phenoxy) is 2. The molecule has 0 atom stereocenters. The molecule has 0 radical (unpaired) electrons. The Hall–Kier alpha value is -3.69. The molecule has 0 bridgehead atoms. The fourth-order valence-electron chi connectivity index (χ4n) is 4.03. The number of hydrogen-bond acceptors (Lipinski definition) is 8. The first-order valence-electron chi connectivity index (χ1n) is 11.5. The van der Waals surface area contributed by atoms with E-state index in [2.05, 4.69) is 44.6 Å². The molecule has 5 rings (SSSR count). The van der Waals surface area contributed by atoms with Crippen molar-refractivity contribution in [2.75, 3.05) is 31.8 Å². The molecular weight excluding hydrogens is 483 g/mol. The van der Waals surface area contributed by atoms with Gasteiger partial charge in [0.2, 0.25) is 5.95 Å². The van der Waals surface area contributed by atoms with E-state index >= 15 is 0 Å². The van der Waals surface area contributed by atoms with Gasteiger partial charge in [-0.3, -0.25) is 4.98 Å². The van der Waals surface area contributed by atoms with Crippen molar-refractivity contribution in [1.82, 2.24) is 19.9 Å². The minimum atomic E-state index is -0.593. The summed E-state index contributed by atoms with van der Waals surface area (Å²) in [5.41, 5.74) is 2.04. The number of pyridine rings is 1. The highest BCUT2D eigenvalue weighted by molar-refractivity contribution is 6.31. The molecule has 186 valence electrons. The number of aromatic nitrogens is 3. The van der Waals surface area contributed by atoms with Crippen molar-refractivity contribution in [3.8, 4) is 11.5 Å². The first-order chi connectivity index (χ1) is 17.4. The quantitative estimate of drug-likeness (QED) is 0.309. The molecule has 0 spiro atoms. The van der Waals surface area contributed by atoms with Crippen molar-refractivity contribution >= 4 is 45.6 Å². The van der Waals surface area contributed by atoms with Crippen LogP contribution in [-0.4, -0.2) is 53.2 Å². The Bertz CT molecular complexity index is 1400. The van der Waals surface area contributed by atoms with Crippen LogP contribution >= 0.6 is 11.6 Å². The van der Waals surface area contributed by atoms with E-state index in [1.165, 1.54) is 0 Å². The van der Waals surface area contributed by atoms with Crippen LogP contribution in [-0.2, 0) is 0 Å². The Morgan fingerprint density at radius 1 is 0.972 bits per heavy atom. The van der Waals surface area contributed by atoms with Crippen LogP contribution in [0.15, 0.2) is 54.9 Å². The summed E-state index contributed by atoms with van der Waals surface area (Å²) in [5, 5.41) is 7.49. The lowest BCUT2D eigenvalue weighted by molar-refractivity contribution is 0.0383. The first kappa shape index (κ1) is 24.0. The highest BCUT2D eigenvalue weighted by atomic mass is 35.5. The zero-order valence-corrected chi connectivity index (χ0v) is 20.9. The van der Waals surface area contributed by atoms with Gasteiger partial charge in [-0.05, 0) is 63.3 Å². The predicted octanol–water partition coefficient (Wildman–Crippen LogP) is 5.78. The largest absolute Gasteiger partial charge is 0.493 e. The fourth-order valence-corrected chi connectivity index (χ4v) is 4.21. The van der Waals surface area contributed by atoms with Gasteiger partial charge in [0.15, 0.2) is 23.1 Å². The summed E-state index contributed by atoms with van der Waals surface area (Å²) >= 11 is 6.08. The molecule has 2 heterocycles. The van der Waals surface area contributed by atoms with Gasteiger partial charge in [0.05, 0.1) is 30.7 Å². The molecule has 1 aliphatic rings. The van der Waals surface area contributed by atoms with E-state index in [-0.39, 0.29) is 17.9 Å². The number of halogens is 2. The van der Waals surface area contributed by atoms with Gasteiger partial charge in [0, 0.05) is 28.2 Å². The van der Waals surface area contributed by atoms with Crippen LogP contribution in [0.3, 0.4) is 0 Å². The van der Waals surface area contributed by atoms with Gasteiger partial charge in [0.25, 0.3) is 0 Å². The molecule has 1 aliphatic carbocycles. The third-order valence-electron chi connectivity index (χ3n) is 6.16. The monoisotopic (exact) mass is 508 g/mol. The zero-order chi connectivity index (χ0) is 25.2. The second-order valence-electron chi connectivity index (χ2n) is 8.90. The minimum absolute atomic E-state index is 0.0167. The van der Waals surface area contributed by atoms with E-state index in [1.807, 2.05) is 24.3 Å². The van der Waals surface area contributed by atoms with Crippen molar-refractivity contribution in [1.29, 1.82) is 0 Å². The van der Waals surface area contributed by atoms with Crippen LogP contribution in [0.4, 0.5) is 27.5 Å². The molecule has 8 nitrogen and oxygen atoms in total. The number of anilines is 4. The van der Waals surface area contributed by atoms with Gasteiger partial charge in [-0.25, -0.2) is 9.37 Å². The molecule has 4 aromatic rings. The molecule has 10 heteroatoms. The Kier molecular flexibility index (Phi) is 6.75. The summed E-state index contributed by atoms with van der Waals surface area (Å²) in [4.78, 5) is 14.9. The second kappa shape index (κ2) is 10.1. The minimum Gasteiger partial charge on any atom is -0.493 e. The molecule has 0 aliphatic heterocycles. The number of benzene rings is 2. The number of methoxy groups -OCH3 is 1. The highest BCUT2D eigenvalue weighted by Crippen LogP contribution is 2.36. The number of nitrogens with zero attached hydrogens (tertiary/aromatic N) is 4. The average Bonchev–Trinajstić information content (AvgIpc) is 2.83. The van der Waals surface area contributed by atoms with Crippen molar-refractivity contribution < 1.29 is 13.9 Å². The SMILES string of the molecule is COc1cc(Nc2ncc(F)c(Nc3cnc4ccc(Cl)cc4c3)n2)ccc1OC1CC(N(C)C)C1. The average molecular weight is 509 g/mol. The molecule has 0 amide bonds. The van der Waals surface area contributed by atoms with E-state index < -0.39 is 5.82 Å². The zero-order valence-electron chi connectivity index (χ0n) is 20.1. The van der Waals surface area contributed by atoms with Gasteiger partial charge in [-0.1, -0.05) is 11.6 Å². The van der Waals surface area contributed by atoms with Crippen LogP contribution in [0.5, 0.6) is 11.5 Å². The van der Waals surface area contributed by atoms with Gasteiger partial charge < -0.3 is 25.0 Å². The van der Waals surface area contributed by atoms with Crippen LogP contribution in [0.1, 0.15) is 12.8 Å². The lowest BCUT2D eigenvalue weighted by Crippen LogP contribution is -2.46. The van der Waals surface area contributed by atoms with Gasteiger partial charge in [-0.15, -0.1) is 0 Å². The third kappa shape index (κ3) is 5.27. The van der Waals surface area contributed by atoms with Crippen LogP contribution in [0.2, 0.25) is 5.02 Å². The van der Waals surface area contributed by atoms with Crippen LogP contribution in [0.25, 0.3) is 10.9 Å². The fraction of sp³-hybridized carbons (Fsp3) is 0.269. The van der Waals surface area contributed by atoms with Crippen molar-refractivity contribution in [3.05, 3.63) is 65.7 Å². The van der Waals surface area contributed by atoms with E-state index in [0.717, 1.165) is 29.9 Å². The first-order valence-corrected chi connectivity index (χ1v) is 11.9. The molecule has 2 aromatic carbocycles. The highest BCUT2D eigenvalue weighted by Gasteiger charge is 2.32. The Labute approximate surface area is 213 Å². The predicted molar refractivity (Wildman–Crippen MR) is 139 cm³/mol. The van der Waals surface area contributed by atoms with Gasteiger partial charge >= 0.3 is 0 Å². The number of hydrogen-bond donors (Lipinski definition) is 2. The standard InChI is InChI=1S/C26H26ClFN6O2/c1-34(2)19-11-20(12-19)36-23-7-5-17(10-24(23)35-3)32-26-30-14-21(28)25(33-26)31-18-9-15-8-16(27)4-6-22(15)29-13-18/h4-10,13-14,19-20H,11-12H2,1-3H3,(H2,30,31,32,33). The van der Waals surface area contributed by atoms with Crippen molar-refractivity contribution in [2.24, 2.45) is 0 Å². The van der Waals surface area contributed by atoms with Gasteiger partial charge in [-0.2, -0.15) is 4.98 Å². The van der Waals surface area contributed by atoms with E-state index in [4.69, 9.17) is 21.1 Å².